The van der Waals surface area contributed by atoms with Crippen molar-refractivity contribution >= 4 is 5.69 Å². The average Bonchev–Trinajstić information content (AvgIpc) is 2.85. The van der Waals surface area contributed by atoms with E-state index in [1.54, 1.807) is 6.07 Å². The van der Waals surface area contributed by atoms with Crippen LogP contribution in [0.5, 0.6) is 0 Å². The van der Waals surface area contributed by atoms with Gasteiger partial charge in [-0.2, -0.15) is 0 Å². The Labute approximate surface area is 89.9 Å². The third-order valence-corrected chi connectivity index (χ3v) is 2.70. The Kier molecular flexibility index (Phi) is 2.91. The third-order valence-electron chi connectivity index (χ3n) is 2.70. The highest BCUT2D eigenvalue weighted by Crippen LogP contribution is 2.29. The maximum absolute atomic E-state index is 13.1. The summed E-state index contributed by atoms with van der Waals surface area (Å²) < 4.78 is 13.1. The fraction of sp³-hybridized carbons (Fsp3) is 0.500. The van der Waals surface area contributed by atoms with E-state index in [9.17, 15) is 4.39 Å². The number of nitrogens with zero attached hydrogens (tertiary/aromatic N) is 1. The van der Waals surface area contributed by atoms with Gasteiger partial charge in [-0.25, -0.2) is 4.39 Å². The topological polar surface area (TPSA) is 29.3 Å². The molecule has 82 valence electrons. The van der Waals surface area contributed by atoms with E-state index in [0.717, 1.165) is 24.6 Å². The normalized spacial score (nSPS) is 15.9. The van der Waals surface area contributed by atoms with Crippen molar-refractivity contribution < 1.29 is 4.39 Å². The average molecular weight is 208 g/mol. The molecule has 1 saturated carbocycles. The number of halogens is 1. The Bertz CT molecular complexity index is 327. The Morgan fingerprint density at radius 1 is 1.40 bits per heavy atom. The van der Waals surface area contributed by atoms with E-state index in [2.05, 4.69) is 11.9 Å². The minimum absolute atomic E-state index is 0.246. The summed E-state index contributed by atoms with van der Waals surface area (Å²) in [6, 6.07) is 4.75. The lowest BCUT2D eigenvalue weighted by molar-refractivity contribution is 0.312. The van der Waals surface area contributed by atoms with Crippen molar-refractivity contribution in [2.24, 2.45) is 5.92 Å². The molecule has 2 nitrogen and oxygen atoms in total. The van der Waals surface area contributed by atoms with Crippen molar-refractivity contribution in [3.05, 3.63) is 29.6 Å². The number of hydrogen-bond donors (Lipinski definition) is 1. The molecule has 0 aliphatic heterocycles. The molecule has 0 heterocycles. The van der Waals surface area contributed by atoms with Crippen molar-refractivity contribution in [3.8, 4) is 0 Å². The third kappa shape index (κ3) is 3.20. The van der Waals surface area contributed by atoms with Crippen LogP contribution in [0.25, 0.3) is 0 Å². The molecule has 1 fully saturated rings. The molecule has 3 heteroatoms. The molecule has 0 spiro atoms. The highest BCUT2D eigenvalue weighted by atomic mass is 19.1. The van der Waals surface area contributed by atoms with Crippen molar-refractivity contribution in [2.75, 3.05) is 19.3 Å². The second-order valence-electron chi connectivity index (χ2n) is 4.53. The van der Waals surface area contributed by atoms with Crippen molar-refractivity contribution in [1.29, 1.82) is 0 Å². The molecule has 2 rings (SSSR count). The number of nitrogens with two attached hydrogens (primary N) is 1. The molecular weight excluding hydrogens is 191 g/mol. The van der Waals surface area contributed by atoms with E-state index in [1.807, 2.05) is 6.07 Å². The first kappa shape index (κ1) is 10.4. The van der Waals surface area contributed by atoms with Gasteiger partial charge in [-0.15, -0.1) is 0 Å². The van der Waals surface area contributed by atoms with E-state index < -0.39 is 0 Å². The molecule has 1 aliphatic carbocycles. The number of nitrogen functional groups attached to an aromatic ring is 1. The minimum Gasteiger partial charge on any atom is -0.399 e. The van der Waals surface area contributed by atoms with Crippen LogP contribution in [0.1, 0.15) is 18.4 Å². The zero-order valence-corrected chi connectivity index (χ0v) is 9.04. The molecule has 0 radical (unpaired) electrons. The fourth-order valence-corrected chi connectivity index (χ4v) is 1.88. The SMILES string of the molecule is CN(Cc1cc(N)cc(F)c1)CC1CC1. The summed E-state index contributed by atoms with van der Waals surface area (Å²) in [5, 5.41) is 0. The second-order valence-corrected chi connectivity index (χ2v) is 4.53. The van der Waals surface area contributed by atoms with Crippen LogP contribution in [0.15, 0.2) is 18.2 Å². The zero-order chi connectivity index (χ0) is 10.8. The standard InChI is InChI=1S/C12H17FN2/c1-15(7-9-2-3-9)8-10-4-11(13)6-12(14)5-10/h4-6,9H,2-3,7-8,14H2,1H3. The predicted octanol–water partition coefficient (Wildman–Crippen LogP) is 2.25. The second kappa shape index (κ2) is 4.19. The molecule has 2 N–H and O–H groups in total. The van der Waals surface area contributed by atoms with E-state index >= 15 is 0 Å². The molecular formula is C12H17FN2. The predicted molar refractivity (Wildman–Crippen MR) is 59.9 cm³/mol. The lowest BCUT2D eigenvalue weighted by atomic mass is 10.2. The smallest absolute Gasteiger partial charge is 0.125 e. The van der Waals surface area contributed by atoms with Crippen LogP contribution in [-0.4, -0.2) is 18.5 Å². The monoisotopic (exact) mass is 208 g/mol. The first-order chi connectivity index (χ1) is 7.13. The molecule has 0 saturated heterocycles. The molecule has 0 bridgehead atoms. The van der Waals surface area contributed by atoms with Crippen LogP contribution in [0.4, 0.5) is 10.1 Å². The van der Waals surface area contributed by atoms with Crippen LogP contribution in [0.3, 0.4) is 0 Å². The summed E-state index contributed by atoms with van der Waals surface area (Å²) in [4.78, 5) is 2.23. The first-order valence-electron chi connectivity index (χ1n) is 5.37. The molecule has 15 heavy (non-hydrogen) atoms. The first-order valence-corrected chi connectivity index (χ1v) is 5.37. The highest BCUT2D eigenvalue weighted by Gasteiger charge is 2.22. The molecule has 1 aromatic rings. The summed E-state index contributed by atoms with van der Waals surface area (Å²) in [6.45, 7) is 1.88. The molecule has 0 unspecified atom stereocenters. The summed E-state index contributed by atoms with van der Waals surface area (Å²) in [5.74, 6) is 0.616. The maximum Gasteiger partial charge on any atom is 0.125 e. The maximum atomic E-state index is 13.1. The van der Waals surface area contributed by atoms with Gasteiger partial charge >= 0.3 is 0 Å². The Morgan fingerprint density at radius 2 is 2.13 bits per heavy atom. The van der Waals surface area contributed by atoms with Gasteiger partial charge < -0.3 is 10.6 Å². The summed E-state index contributed by atoms with van der Waals surface area (Å²) >= 11 is 0. The van der Waals surface area contributed by atoms with Crippen LogP contribution < -0.4 is 5.73 Å². The van der Waals surface area contributed by atoms with Gasteiger partial charge in [0.15, 0.2) is 0 Å². The molecule has 1 aromatic carbocycles. The Balaban J connectivity index is 1.96. The van der Waals surface area contributed by atoms with E-state index in [-0.39, 0.29) is 5.82 Å². The number of benzene rings is 1. The number of hydrogen-bond acceptors (Lipinski definition) is 2. The van der Waals surface area contributed by atoms with Crippen LogP contribution in [0.2, 0.25) is 0 Å². The summed E-state index contributed by atoms with van der Waals surface area (Å²) in [6.07, 6.45) is 2.69. The van der Waals surface area contributed by atoms with Crippen LogP contribution in [-0.2, 0) is 6.54 Å². The van der Waals surface area contributed by atoms with Crippen molar-refractivity contribution in [1.82, 2.24) is 4.90 Å². The largest absolute Gasteiger partial charge is 0.399 e. The molecule has 0 atom stereocenters. The Morgan fingerprint density at radius 3 is 2.73 bits per heavy atom. The van der Waals surface area contributed by atoms with Crippen LogP contribution >= 0.6 is 0 Å². The molecule has 0 amide bonds. The van der Waals surface area contributed by atoms with E-state index in [1.165, 1.54) is 18.9 Å². The van der Waals surface area contributed by atoms with Gasteiger partial charge in [0.25, 0.3) is 0 Å². The van der Waals surface area contributed by atoms with Gasteiger partial charge in [-0.05, 0) is 49.6 Å². The summed E-state index contributed by atoms with van der Waals surface area (Å²) in [7, 11) is 2.07. The lowest BCUT2D eigenvalue weighted by Crippen LogP contribution is -2.20. The van der Waals surface area contributed by atoms with Crippen molar-refractivity contribution in [3.63, 3.8) is 0 Å². The van der Waals surface area contributed by atoms with Gasteiger partial charge in [-0.3, -0.25) is 0 Å². The lowest BCUT2D eigenvalue weighted by Gasteiger charge is -2.16. The van der Waals surface area contributed by atoms with Gasteiger partial charge in [0.05, 0.1) is 0 Å². The quantitative estimate of drug-likeness (QED) is 0.769. The van der Waals surface area contributed by atoms with Crippen LogP contribution in [0, 0.1) is 11.7 Å². The van der Waals surface area contributed by atoms with E-state index in [4.69, 9.17) is 5.73 Å². The van der Waals surface area contributed by atoms with Gasteiger partial charge in [0, 0.05) is 18.8 Å². The van der Waals surface area contributed by atoms with Gasteiger partial charge in [0.1, 0.15) is 5.82 Å². The van der Waals surface area contributed by atoms with Crippen molar-refractivity contribution in [2.45, 2.75) is 19.4 Å². The zero-order valence-electron chi connectivity index (χ0n) is 9.04. The Hall–Kier alpha value is -1.09. The molecule has 1 aliphatic rings. The fourth-order valence-electron chi connectivity index (χ4n) is 1.88. The molecule has 0 aromatic heterocycles. The van der Waals surface area contributed by atoms with E-state index in [0.29, 0.717) is 5.69 Å². The summed E-state index contributed by atoms with van der Waals surface area (Å²) in [5.41, 5.74) is 7.05. The number of anilines is 1. The van der Waals surface area contributed by atoms with Gasteiger partial charge in [-0.1, -0.05) is 0 Å². The van der Waals surface area contributed by atoms with Gasteiger partial charge in [0.2, 0.25) is 0 Å². The minimum atomic E-state index is -0.246. The number of rotatable bonds is 4. The highest BCUT2D eigenvalue weighted by molar-refractivity contribution is 5.41.